The Labute approximate surface area is 375 Å². The van der Waals surface area contributed by atoms with Gasteiger partial charge in [0, 0.05) is 52.8 Å². The molecule has 3 heterocycles. The number of hydrogen-bond donors (Lipinski definition) is 0. The van der Waals surface area contributed by atoms with Crippen molar-refractivity contribution in [1.82, 2.24) is 14.5 Å². The van der Waals surface area contributed by atoms with E-state index in [2.05, 4.69) is 217 Å². The van der Waals surface area contributed by atoms with Gasteiger partial charge in [-0.3, -0.25) is 4.57 Å². The van der Waals surface area contributed by atoms with Crippen LogP contribution in [0.3, 0.4) is 0 Å². The quantitative estimate of drug-likeness (QED) is 0.162. The number of para-hydroxylation sites is 2. The van der Waals surface area contributed by atoms with E-state index in [9.17, 15) is 0 Å². The smallest absolute Gasteiger partial charge is 0.235 e. The molecule has 0 fully saturated rings. The van der Waals surface area contributed by atoms with Crippen molar-refractivity contribution >= 4 is 85.8 Å². The number of thiophene rings is 1. The highest BCUT2D eigenvalue weighted by Crippen LogP contribution is 2.46. The van der Waals surface area contributed by atoms with Gasteiger partial charge in [-0.1, -0.05) is 190 Å². The lowest BCUT2D eigenvalue weighted by Crippen LogP contribution is -2.04. The van der Waals surface area contributed by atoms with Gasteiger partial charge in [-0.2, -0.15) is 0 Å². The second-order valence-electron chi connectivity index (χ2n) is 16.1. The highest BCUT2D eigenvalue weighted by atomic mass is 32.1. The standard InChI is InChI=1S/C58H35N3S.C2H6/c1-2-15-36(16-3-1)55-48-26-8-10-29-51(48)59-58(60-55)61-56-42(27-14-28-49(56)54-46-24-6-4-21-43(46)44-22-5-7-25-47(44)57(54)61)41-20-13-19-39(34-41)37-17-12-18-38(33-37)40-31-32-53-50(35-40)45-23-9-11-30-52(45)62-53;1-2/h1-35H;1-2H3. The van der Waals surface area contributed by atoms with Crippen molar-refractivity contribution in [3.63, 3.8) is 0 Å². The van der Waals surface area contributed by atoms with Crippen LogP contribution >= 0.6 is 11.3 Å². The van der Waals surface area contributed by atoms with Gasteiger partial charge in [-0.25, -0.2) is 9.97 Å². The second kappa shape index (κ2) is 15.5. The molecule has 0 amide bonds. The highest BCUT2D eigenvalue weighted by Gasteiger charge is 2.24. The summed E-state index contributed by atoms with van der Waals surface area (Å²) in [6, 6.07) is 76.8. The molecular formula is C60H41N3S. The van der Waals surface area contributed by atoms with Gasteiger partial charge in [0.05, 0.1) is 22.2 Å². The first-order valence-electron chi connectivity index (χ1n) is 22.1. The molecule has 13 rings (SSSR count). The number of rotatable bonds is 5. The van der Waals surface area contributed by atoms with Crippen LogP contribution in [0.15, 0.2) is 212 Å². The van der Waals surface area contributed by atoms with Crippen molar-refractivity contribution in [3.8, 4) is 50.6 Å². The molecule has 0 aliphatic carbocycles. The van der Waals surface area contributed by atoms with E-state index in [1.807, 2.05) is 25.2 Å². The number of nitrogens with zero attached hydrogens (tertiary/aromatic N) is 3. The Morgan fingerprint density at radius 3 is 1.64 bits per heavy atom. The largest absolute Gasteiger partial charge is 0.277 e. The van der Waals surface area contributed by atoms with Gasteiger partial charge in [0.1, 0.15) is 0 Å². The summed E-state index contributed by atoms with van der Waals surface area (Å²) in [7, 11) is 0. The lowest BCUT2D eigenvalue weighted by Gasteiger charge is -2.15. The van der Waals surface area contributed by atoms with E-state index in [-0.39, 0.29) is 0 Å². The lowest BCUT2D eigenvalue weighted by atomic mass is 9.94. The van der Waals surface area contributed by atoms with Crippen LogP contribution in [0.1, 0.15) is 13.8 Å². The summed E-state index contributed by atoms with van der Waals surface area (Å²) in [5.41, 5.74) is 12.1. The number of hydrogen-bond acceptors (Lipinski definition) is 3. The van der Waals surface area contributed by atoms with Gasteiger partial charge in [-0.15, -0.1) is 11.3 Å². The Hall–Kier alpha value is -7.92. The first kappa shape index (κ1) is 37.8. The summed E-state index contributed by atoms with van der Waals surface area (Å²) in [5, 5.41) is 10.8. The lowest BCUT2D eigenvalue weighted by molar-refractivity contribution is 1.02. The van der Waals surface area contributed by atoms with Gasteiger partial charge in [0.25, 0.3) is 0 Å². The average molecular weight is 836 g/mol. The van der Waals surface area contributed by atoms with Gasteiger partial charge in [0.15, 0.2) is 0 Å². The van der Waals surface area contributed by atoms with Crippen molar-refractivity contribution in [2.75, 3.05) is 0 Å². The Bertz CT molecular complexity index is 3930. The molecule has 0 spiro atoms. The average Bonchev–Trinajstić information content (AvgIpc) is 3.93. The van der Waals surface area contributed by atoms with Crippen molar-refractivity contribution in [1.29, 1.82) is 0 Å². The SMILES string of the molecule is CC.c1ccc(-c2nc(-n3c4c(-c5cccc(-c6cccc(-c7ccc8sc9ccccc9c8c7)c6)c5)cccc4c4c5ccccc5c5ccccc5c43)nc3ccccc23)cc1. The van der Waals surface area contributed by atoms with Gasteiger partial charge in [0.2, 0.25) is 5.95 Å². The van der Waals surface area contributed by atoms with Crippen LogP contribution in [0.4, 0.5) is 0 Å². The Morgan fingerprint density at radius 2 is 0.875 bits per heavy atom. The molecule has 0 saturated heterocycles. The predicted octanol–water partition coefficient (Wildman–Crippen LogP) is 17.1. The summed E-state index contributed by atoms with van der Waals surface area (Å²) in [6.45, 7) is 4.00. The first-order valence-corrected chi connectivity index (χ1v) is 22.9. The van der Waals surface area contributed by atoms with Crippen LogP contribution in [0.25, 0.3) is 125 Å². The zero-order chi connectivity index (χ0) is 42.7. The summed E-state index contributed by atoms with van der Waals surface area (Å²) in [6.07, 6.45) is 0. The van der Waals surface area contributed by atoms with Crippen molar-refractivity contribution in [2.24, 2.45) is 0 Å². The molecule has 10 aromatic carbocycles. The maximum absolute atomic E-state index is 5.52. The third-order valence-electron chi connectivity index (χ3n) is 12.6. The molecule has 13 aromatic rings. The molecule has 4 heteroatoms. The minimum atomic E-state index is 0.648. The fourth-order valence-electron chi connectivity index (χ4n) is 9.79. The Balaban J connectivity index is 0.00000214. The molecule has 0 radical (unpaired) electrons. The molecular weight excluding hydrogens is 795 g/mol. The third-order valence-corrected chi connectivity index (χ3v) is 13.7. The van der Waals surface area contributed by atoms with E-state index < -0.39 is 0 Å². The first-order chi connectivity index (χ1) is 31.7. The maximum atomic E-state index is 5.52. The molecule has 0 bridgehead atoms. The maximum Gasteiger partial charge on any atom is 0.235 e. The zero-order valence-electron chi connectivity index (χ0n) is 35.5. The van der Waals surface area contributed by atoms with E-state index in [0.29, 0.717) is 5.95 Å². The van der Waals surface area contributed by atoms with E-state index in [0.717, 1.165) is 49.9 Å². The number of fused-ring (bicyclic) bond motifs is 12. The molecule has 0 aliphatic rings. The molecule has 64 heavy (non-hydrogen) atoms. The van der Waals surface area contributed by atoms with Gasteiger partial charge >= 0.3 is 0 Å². The normalized spacial score (nSPS) is 11.6. The van der Waals surface area contributed by atoms with E-state index in [1.165, 1.54) is 69.2 Å². The summed E-state index contributed by atoms with van der Waals surface area (Å²) in [4.78, 5) is 10.9. The zero-order valence-corrected chi connectivity index (χ0v) is 36.3. The molecule has 0 aliphatic heterocycles. The minimum Gasteiger partial charge on any atom is -0.277 e. The third kappa shape index (κ3) is 6.02. The van der Waals surface area contributed by atoms with Crippen LogP contribution in [0, 0.1) is 0 Å². The van der Waals surface area contributed by atoms with Crippen LogP contribution in [0.5, 0.6) is 0 Å². The fourth-order valence-corrected chi connectivity index (χ4v) is 10.9. The van der Waals surface area contributed by atoms with Crippen LogP contribution in [0.2, 0.25) is 0 Å². The van der Waals surface area contributed by atoms with Crippen molar-refractivity contribution in [3.05, 3.63) is 212 Å². The summed E-state index contributed by atoms with van der Waals surface area (Å²) < 4.78 is 4.99. The molecule has 0 N–H and O–H groups in total. The summed E-state index contributed by atoms with van der Waals surface area (Å²) in [5.74, 6) is 0.648. The molecule has 3 nitrogen and oxygen atoms in total. The number of aromatic nitrogens is 3. The topological polar surface area (TPSA) is 30.7 Å². The Morgan fingerprint density at radius 1 is 0.344 bits per heavy atom. The molecule has 302 valence electrons. The second-order valence-corrected chi connectivity index (χ2v) is 17.2. The van der Waals surface area contributed by atoms with Crippen molar-refractivity contribution in [2.45, 2.75) is 13.8 Å². The number of benzene rings is 10. The van der Waals surface area contributed by atoms with Crippen molar-refractivity contribution < 1.29 is 0 Å². The van der Waals surface area contributed by atoms with E-state index >= 15 is 0 Å². The predicted molar refractivity (Wildman–Crippen MR) is 275 cm³/mol. The van der Waals surface area contributed by atoms with Crippen LogP contribution in [-0.2, 0) is 0 Å². The van der Waals surface area contributed by atoms with Gasteiger partial charge < -0.3 is 0 Å². The molecule has 3 aromatic heterocycles. The van der Waals surface area contributed by atoms with Crippen LogP contribution < -0.4 is 0 Å². The van der Waals surface area contributed by atoms with E-state index in [1.54, 1.807) is 0 Å². The summed E-state index contributed by atoms with van der Waals surface area (Å²) >= 11 is 1.86. The molecule has 0 atom stereocenters. The van der Waals surface area contributed by atoms with Crippen LogP contribution in [-0.4, -0.2) is 14.5 Å². The minimum absolute atomic E-state index is 0.648. The fraction of sp³-hybridized carbons (Fsp3) is 0.0333. The van der Waals surface area contributed by atoms with Gasteiger partial charge in [-0.05, 0) is 80.4 Å². The Kier molecular flexibility index (Phi) is 9.13. The monoisotopic (exact) mass is 835 g/mol. The molecule has 0 unspecified atom stereocenters. The highest BCUT2D eigenvalue weighted by molar-refractivity contribution is 7.25. The van der Waals surface area contributed by atoms with E-state index in [4.69, 9.17) is 9.97 Å². The molecule has 0 saturated carbocycles.